The quantitative estimate of drug-likeness (QED) is 0.759. The number of amides is 1. The second-order valence-corrected chi connectivity index (χ2v) is 3.43. The fraction of sp³-hybridized carbons (Fsp3) is 0.250. The maximum atomic E-state index is 11.3. The summed E-state index contributed by atoms with van der Waals surface area (Å²) in [6, 6.07) is 1.82. The number of rotatable bonds is 3. The summed E-state index contributed by atoms with van der Waals surface area (Å²) >= 11 is 1.30. The van der Waals surface area contributed by atoms with E-state index in [9.17, 15) is 9.59 Å². The highest BCUT2D eigenvalue weighted by Crippen LogP contribution is 2.14. The molecule has 2 N–H and O–H groups in total. The molecule has 5 heteroatoms. The minimum atomic E-state index is -1.04. The number of carboxylic acids is 1. The SMILES string of the molecule is Cc1ccsc1C(=O)NCC(=O)O. The number of nitrogens with one attached hydrogen (secondary N) is 1. The molecule has 4 nitrogen and oxygen atoms in total. The number of thiophene rings is 1. The zero-order valence-corrected chi connectivity index (χ0v) is 7.85. The van der Waals surface area contributed by atoms with Gasteiger partial charge < -0.3 is 10.4 Å². The van der Waals surface area contributed by atoms with E-state index in [1.807, 2.05) is 13.0 Å². The first-order valence-corrected chi connectivity index (χ1v) is 4.53. The molecule has 0 radical (unpaired) electrons. The summed E-state index contributed by atoms with van der Waals surface area (Å²) in [7, 11) is 0. The van der Waals surface area contributed by atoms with E-state index in [1.54, 1.807) is 5.38 Å². The van der Waals surface area contributed by atoms with Gasteiger partial charge >= 0.3 is 5.97 Å². The fourth-order valence-electron chi connectivity index (χ4n) is 0.842. The highest BCUT2D eigenvalue weighted by Gasteiger charge is 2.10. The van der Waals surface area contributed by atoms with E-state index in [2.05, 4.69) is 5.32 Å². The maximum absolute atomic E-state index is 11.3. The predicted octanol–water partition coefficient (Wildman–Crippen LogP) is 0.871. The minimum absolute atomic E-state index is 0.324. The van der Waals surface area contributed by atoms with E-state index in [1.165, 1.54) is 11.3 Å². The summed E-state index contributed by atoms with van der Waals surface area (Å²) in [6.07, 6.45) is 0. The van der Waals surface area contributed by atoms with Crippen molar-refractivity contribution in [2.45, 2.75) is 6.92 Å². The molecule has 0 unspecified atom stereocenters. The lowest BCUT2D eigenvalue weighted by Gasteiger charge is -1.99. The van der Waals surface area contributed by atoms with Crippen LogP contribution in [0.15, 0.2) is 11.4 Å². The first-order chi connectivity index (χ1) is 6.11. The van der Waals surface area contributed by atoms with Gasteiger partial charge in [-0.1, -0.05) is 0 Å². The number of carbonyl (C=O) groups is 2. The molecule has 0 saturated carbocycles. The van der Waals surface area contributed by atoms with Gasteiger partial charge in [-0.15, -0.1) is 11.3 Å². The molecule has 0 fully saturated rings. The largest absolute Gasteiger partial charge is 0.480 e. The van der Waals surface area contributed by atoms with E-state index >= 15 is 0 Å². The lowest BCUT2D eigenvalue weighted by molar-refractivity contribution is -0.135. The number of carboxylic acid groups (broad SMARTS) is 1. The van der Waals surface area contributed by atoms with Crippen LogP contribution in [0.2, 0.25) is 0 Å². The average molecular weight is 199 g/mol. The smallest absolute Gasteiger partial charge is 0.322 e. The van der Waals surface area contributed by atoms with Crippen LogP contribution in [0, 0.1) is 6.92 Å². The standard InChI is InChI=1S/C8H9NO3S/c1-5-2-3-13-7(5)8(12)9-4-6(10)11/h2-3H,4H2,1H3,(H,9,12)(H,10,11). The summed E-state index contributed by atoms with van der Waals surface area (Å²) in [6.45, 7) is 1.47. The Morgan fingerprint density at radius 2 is 2.31 bits per heavy atom. The van der Waals surface area contributed by atoms with Gasteiger partial charge in [-0.05, 0) is 23.9 Å². The molecule has 1 aromatic heterocycles. The Kier molecular flexibility index (Phi) is 3.02. The second kappa shape index (κ2) is 4.04. The van der Waals surface area contributed by atoms with Gasteiger partial charge in [0.15, 0.2) is 0 Å². The Hall–Kier alpha value is -1.36. The molecule has 0 bridgehead atoms. The van der Waals surface area contributed by atoms with Gasteiger partial charge in [-0.25, -0.2) is 0 Å². The van der Waals surface area contributed by atoms with Crippen LogP contribution < -0.4 is 5.32 Å². The van der Waals surface area contributed by atoms with E-state index in [0.717, 1.165) is 5.56 Å². The Bertz CT molecular complexity index is 332. The lowest BCUT2D eigenvalue weighted by atomic mass is 10.3. The van der Waals surface area contributed by atoms with Crippen LogP contribution in [0.3, 0.4) is 0 Å². The van der Waals surface area contributed by atoms with Crippen molar-refractivity contribution in [3.63, 3.8) is 0 Å². The first kappa shape index (κ1) is 9.73. The zero-order chi connectivity index (χ0) is 9.84. The van der Waals surface area contributed by atoms with E-state index in [0.29, 0.717) is 4.88 Å². The Morgan fingerprint density at radius 3 is 2.77 bits per heavy atom. The molecule has 1 aromatic rings. The average Bonchev–Trinajstić information content (AvgIpc) is 2.47. The van der Waals surface area contributed by atoms with Crippen molar-refractivity contribution >= 4 is 23.2 Å². The number of aryl methyl sites for hydroxylation is 1. The van der Waals surface area contributed by atoms with Crippen molar-refractivity contribution in [1.29, 1.82) is 0 Å². The number of aliphatic carboxylic acids is 1. The molecule has 1 rings (SSSR count). The van der Waals surface area contributed by atoms with Gasteiger partial charge in [0.2, 0.25) is 0 Å². The summed E-state index contributed by atoms with van der Waals surface area (Å²) in [5.41, 5.74) is 0.868. The van der Waals surface area contributed by atoms with Crippen molar-refractivity contribution in [3.8, 4) is 0 Å². The Labute approximate surface area is 79.2 Å². The summed E-state index contributed by atoms with van der Waals surface area (Å²) in [5.74, 6) is -1.36. The normalized spacial score (nSPS) is 9.62. The Balaban J connectivity index is 2.59. The van der Waals surface area contributed by atoms with Crippen LogP contribution in [0.25, 0.3) is 0 Å². The number of hydrogen-bond donors (Lipinski definition) is 2. The topological polar surface area (TPSA) is 66.4 Å². The van der Waals surface area contributed by atoms with Gasteiger partial charge in [0.25, 0.3) is 5.91 Å². The third-order valence-electron chi connectivity index (χ3n) is 1.47. The van der Waals surface area contributed by atoms with Crippen molar-refractivity contribution in [2.75, 3.05) is 6.54 Å². The molecule has 1 heterocycles. The predicted molar refractivity (Wildman–Crippen MR) is 49.0 cm³/mol. The first-order valence-electron chi connectivity index (χ1n) is 3.65. The van der Waals surface area contributed by atoms with E-state index in [-0.39, 0.29) is 12.5 Å². The summed E-state index contributed by atoms with van der Waals surface area (Å²) in [4.78, 5) is 22.0. The van der Waals surface area contributed by atoms with E-state index < -0.39 is 5.97 Å². The van der Waals surface area contributed by atoms with Gasteiger partial charge in [0.05, 0.1) is 4.88 Å². The Morgan fingerprint density at radius 1 is 1.62 bits per heavy atom. The number of carbonyl (C=O) groups excluding carboxylic acids is 1. The maximum Gasteiger partial charge on any atom is 0.322 e. The van der Waals surface area contributed by atoms with Crippen LogP contribution in [-0.4, -0.2) is 23.5 Å². The van der Waals surface area contributed by atoms with Crippen LogP contribution in [0.5, 0.6) is 0 Å². The third-order valence-corrected chi connectivity index (χ3v) is 2.48. The molecule has 0 aliphatic heterocycles. The molecule has 0 aliphatic rings. The van der Waals surface area contributed by atoms with E-state index in [4.69, 9.17) is 5.11 Å². The third kappa shape index (κ3) is 2.55. The highest BCUT2D eigenvalue weighted by molar-refractivity contribution is 7.12. The molecule has 70 valence electrons. The lowest BCUT2D eigenvalue weighted by Crippen LogP contribution is -2.28. The van der Waals surface area contributed by atoms with Gasteiger partial charge in [-0.3, -0.25) is 9.59 Å². The molecular weight excluding hydrogens is 190 g/mol. The molecule has 13 heavy (non-hydrogen) atoms. The molecule has 0 saturated heterocycles. The van der Waals surface area contributed by atoms with Crippen LogP contribution in [0.4, 0.5) is 0 Å². The van der Waals surface area contributed by atoms with Crippen LogP contribution >= 0.6 is 11.3 Å². The molecule has 1 amide bonds. The van der Waals surface area contributed by atoms with Gasteiger partial charge in [0, 0.05) is 0 Å². The fourth-order valence-corrected chi connectivity index (χ4v) is 1.68. The molecule has 0 spiro atoms. The monoisotopic (exact) mass is 199 g/mol. The second-order valence-electron chi connectivity index (χ2n) is 2.51. The van der Waals surface area contributed by atoms with Crippen LogP contribution in [-0.2, 0) is 4.79 Å². The van der Waals surface area contributed by atoms with Crippen LogP contribution in [0.1, 0.15) is 15.2 Å². The minimum Gasteiger partial charge on any atom is -0.480 e. The molecular formula is C8H9NO3S. The highest BCUT2D eigenvalue weighted by atomic mass is 32.1. The summed E-state index contributed by atoms with van der Waals surface area (Å²) < 4.78 is 0. The van der Waals surface area contributed by atoms with Crippen molar-refractivity contribution < 1.29 is 14.7 Å². The molecule has 0 atom stereocenters. The molecule has 0 aliphatic carbocycles. The van der Waals surface area contributed by atoms with Crippen molar-refractivity contribution in [2.24, 2.45) is 0 Å². The zero-order valence-electron chi connectivity index (χ0n) is 7.03. The van der Waals surface area contributed by atoms with Crippen molar-refractivity contribution in [1.82, 2.24) is 5.32 Å². The van der Waals surface area contributed by atoms with Gasteiger partial charge in [0.1, 0.15) is 6.54 Å². The van der Waals surface area contributed by atoms with Crippen molar-refractivity contribution in [3.05, 3.63) is 21.9 Å². The summed E-state index contributed by atoms with van der Waals surface area (Å²) in [5, 5.41) is 12.4. The number of hydrogen-bond acceptors (Lipinski definition) is 3. The molecule has 0 aromatic carbocycles. The van der Waals surface area contributed by atoms with Gasteiger partial charge in [-0.2, -0.15) is 0 Å².